The summed E-state index contributed by atoms with van der Waals surface area (Å²) in [6.07, 6.45) is 3.73. The average Bonchev–Trinajstić information content (AvgIpc) is 3.27. The zero-order valence-electron chi connectivity index (χ0n) is 18.8. The molecule has 4 aromatic rings. The number of aromatic amines is 1. The Balaban J connectivity index is 1.46. The predicted octanol–water partition coefficient (Wildman–Crippen LogP) is 4.85. The number of fused-ring (bicyclic) bond motifs is 1. The first kappa shape index (κ1) is 21.1. The van der Waals surface area contributed by atoms with E-state index in [1.54, 1.807) is 12.1 Å². The van der Waals surface area contributed by atoms with Gasteiger partial charge in [0.1, 0.15) is 11.5 Å². The van der Waals surface area contributed by atoms with Crippen LogP contribution in [0.3, 0.4) is 0 Å². The lowest BCUT2D eigenvalue weighted by Crippen LogP contribution is -2.39. The summed E-state index contributed by atoms with van der Waals surface area (Å²) < 4.78 is 13.6. The first-order valence-corrected chi connectivity index (χ1v) is 11.2. The molecule has 1 saturated heterocycles. The van der Waals surface area contributed by atoms with Crippen LogP contribution in [0.5, 0.6) is 0 Å². The lowest BCUT2D eigenvalue weighted by Gasteiger charge is -2.33. The summed E-state index contributed by atoms with van der Waals surface area (Å²) >= 11 is 0. The minimum Gasteiger partial charge on any atom is -0.350 e. The zero-order chi connectivity index (χ0) is 22.9. The van der Waals surface area contributed by atoms with E-state index >= 15 is 0 Å². The van der Waals surface area contributed by atoms with Gasteiger partial charge in [0.25, 0.3) is 5.91 Å². The molecule has 1 N–H and O–H groups in total. The van der Waals surface area contributed by atoms with Gasteiger partial charge in [0.05, 0.1) is 5.69 Å². The molecule has 0 bridgehead atoms. The number of likely N-dealkylation sites (tertiary alicyclic amines) is 1. The molecule has 5 rings (SSSR count). The molecule has 1 aliphatic heterocycles. The summed E-state index contributed by atoms with van der Waals surface area (Å²) in [5, 5.41) is 0.825. The van der Waals surface area contributed by atoms with E-state index in [2.05, 4.69) is 22.1 Å². The van der Waals surface area contributed by atoms with Crippen LogP contribution >= 0.6 is 0 Å². The number of anilines is 1. The van der Waals surface area contributed by atoms with Gasteiger partial charge in [0.15, 0.2) is 0 Å². The van der Waals surface area contributed by atoms with Gasteiger partial charge in [-0.3, -0.25) is 4.79 Å². The van der Waals surface area contributed by atoms with Crippen LogP contribution in [0.1, 0.15) is 34.9 Å². The Bertz CT molecular complexity index is 1300. The molecule has 0 radical (unpaired) electrons. The average molecular weight is 444 g/mol. The Hall–Kier alpha value is -3.74. The molecule has 1 amide bonds. The predicted molar refractivity (Wildman–Crippen MR) is 128 cm³/mol. The maximum absolute atomic E-state index is 13.6. The van der Waals surface area contributed by atoms with Crippen molar-refractivity contribution in [2.45, 2.75) is 18.8 Å². The summed E-state index contributed by atoms with van der Waals surface area (Å²) in [6.45, 7) is 1.26. The van der Waals surface area contributed by atoms with Crippen LogP contribution in [-0.2, 0) is 0 Å². The number of carbonyl (C=O) groups is 1. The van der Waals surface area contributed by atoms with Crippen LogP contribution in [0.25, 0.3) is 22.0 Å². The summed E-state index contributed by atoms with van der Waals surface area (Å²) in [6, 6.07) is 16.4. The number of piperidine rings is 1. The third kappa shape index (κ3) is 4.18. The number of benzene rings is 2. The number of amides is 1. The minimum absolute atomic E-state index is 0.0699. The Morgan fingerprint density at radius 3 is 2.76 bits per heavy atom. The Labute approximate surface area is 192 Å². The normalized spacial score (nSPS) is 16.2. The number of carbonyl (C=O) groups excluding carboxylic acids is 1. The Morgan fingerprint density at radius 2 is 1.97 bits per heavy atom. The zero-order valence-corrected chi connectivity index (χ0v) is 18.8. The Kier molecular flexibility index (Phi) is 5.54. The minimum atomic E-state index is -0.324. The highest BCUT2D eigenvalue weighted by molar-refractivity contribution is 5.98. The summed E-state index contributed by atoms with van der Waals surface area (Å²) in [5.74, 6) is 0.363. The molecule has 0 spiro atoms. The van der Waals surface area contributed by atoms with E-state index in [4.69, 9.17) is 4.98 Å². The van der Waals surface area contributed by atoms with E-state index in [0.717, 1.165) is 35.0 Å². The van der Waals surface area contributed by atoms with Crippen molar-refractivity contribution in [1.29, 1.82) is 0 Å². The van der Waals surface area contributed by atoms with Crippen molar-refractivity contribution in [3.63, 3.8) is 0 Å². The van der Waals surface area contributed by atoms with E-state index < -0.39 is 0 Å². The third-order valence-electron chi connectivity index (χ3n) is 6.20. The lowest BCUT2D eigenvalue weighted by molar-refractivity contribution is 0.0701. The van der Waals surface area contributed by atoms with Gasteiger partial charge in [-0.25, -0.2) is 14.4 Å². The number of halogens is 1. The highest BCUT2D eigenvalue weighted by Crippen LogP contribution is 2.34. The van der Waals surface area contributed by atoms with E-state index in [0.29, 0.717) is 30.2 Å². The fourth-order valence-electron chi connectivity index (χ4n) is 4.52. The second-order valence-electron chi connectivity index (χ2n) is 8.73. The largest absolute Gasteiger partial charge is 0.350 e. The maximum atomic E-state index is 13.6. The number of hydrogen-bond donors (Lipinski definition) is 1. The van der Waals surface area contributed by atoms with Crippen LogP contribution in [0.2, 0.25) is 0 Å². The summed E-state index contributed by atoms with van der Waals surface area (Å²) in [5.41, 5.74) is 4.15. The van der Waals surface area contributed by atoms with E-state index in [1.807, 2.05) is 48.3 Å². The molecule has 2 aromatic carbocycles. The van der Waals surface area contributed by atoms with Gasteiger partial charge < -0.3 is 14.8 Å². The van der Waals surface area contributed by atoms with Gasteiger partial charge >= 0.3 is 0 Å². The van der Waals surface area contributed by atoms with Crippen molar-refractivity contribution < 1.29 is 9.18 Å². The fraction of sp³-hybridized carbons (Fsp3) is 0.269. The molecule has 0 saturated carbocycles. The van der Waals surface area contributed by atoms with Gasteiger partial charge in [0.2, 0.25) is 5.95 Å². The topological polar surface area (TPSA) is 65.1 Å². The number of hydrogen-bond acceptors (Lipinski definition) is 4. The molecule has 2 aromatic heterocycles. The third-order valence-corrected chi connectivity index (χ3v) is 6.20. The van der Waals surface area contributed by atoms with Crippen LogP contribution in [0.15, 0.2) is 60.8 Å². The molecular formula is C26H26FN5O. The molecule has 1 atom stereocenters. The number of nitrogens with zero attached hydrogens (tertiary/aromatic N) is 4. The Morgan fingerprint density at radius 1 is 1.15 bits per heavy atom. The van der Waals surface area contributed by atoms with Crippen LogP contribution in [-0.4, -0.2) is 52.9 Å². The molecule has 168 valence electrons. The van der Waals surface area contributed by atoms with Gasteiger partial charge in [-0.1, -0.05) is 30.3 Å². The van der Waals surface area contributed by atoms with Crippen LogP contribution in [0.4, 0.5) is 10.3 Å². The number of rotatable bonds is 4. The molecule has 6 nitrogen and oxygen atoms in total. The van der Waals surface area contributed by atoms with Crippen LogP contribution in [0, 0.1) is 5.82 Å². The summed E-state index contributed by atoms with van der Waals surface area (Å²) in [7, 11) is 3.85. The standard InChI is InChI=1S/C26H26FN5O/c1-31(2)26-28-15-21(17-7-4-3-5-8-17)24(30-26)19-9-6-12-32(16-19)25(33)23-13-18-10-11-20(27)14-22(18)29-23/h3-5,7-8,10-11,13-15,19,29H,6,9,12,16H2,1-2H3. The van der Waals surface area contributed by atoms with Crippen LogP contribution < -0.4 is 4.90 Å². The van der Waals surface area contributed by atoms with Crippen molar-refractivity contribution in [2.24, 2.45) is 0 Å². The second-order valence-corrected chi connectivity index (χ2v) is 8.73. The quantitative estimate of drug-likeness (QED) is 0.490. The highest BCUT2D eigenvalue weighted by atomic mass is 19.1. The monoisotopic (exact) mass is 443 g/mol. The number of H-pyrrole nitrogens is 1. The highest BCUT2D eigenvalue weighted by Gasteiger charge is 2.29. The molecule has 33 heavy (non-hydrogen) atoms. The van der Waals surface area contributed by atoms with E-state index in [1.165, 1.54) is 12.1 Å². The van der Waals surface area contributed by atoms with E-state index in [9.17, 15) is 9.18 Å². The molecule has 1 aliphatic rings. The van der Waals surface area contributed by atoms with Crippen molar-refractivity contribution in [3.05, 3.63) is 78.0 Å². The number of aromatic nitrogens is 3. The molecule has 3 heterocycles. The van der Waals surface area contributed by atoms with Crippen molar-refractivity contribution in [1.82, 2.24) is 19.9 Å². The van der Waals surface area contributed by atoms with Crippen molar-refractivity contribution >= 4 is 22.8 Å². The van der Waals surface area contributed by atoms with Gasteiger partial charge in [0, 0.05) is 55.8 Å². The number of nitrogens with one attached hydrogen (secondary N) is 1. The van der Waals surface area contributed by atoms with Crippen molar-refractivity contribution in [2.75, 3.05) is 32.1 Å². The van der Waals surface area contributed by atoms with Gasteiger partial charge in [-0.15, -0.1) is 0 Å². The molecule has 0 aliphatic carbocycles. The molecule has 1 fully saturated rings. The van der Waals surface area contributed by atoms with E-state index in [-0.39, 0.29) is 17.6 Å². The lowest BCUT2D eigenvalue weighted by atomic mass is 9.90. The maximum Gasteiger partial charge on any atom is 0.270 e. The molecule has 7 heteroatoms. The molecular weight excluding hydrogens is 417 g/mol. The van der Waals surface area contributed by atoms with Gasteiger partial charge in [-0.05, 0) is 42.7 Å². The molecule has 1 unspecified atom stereocenters. The van der Waals surface area contributed by atoms with Gasteiger partial charge in [-0.2, -0.15) is 0 Å². The first-order chi connectivity index (χ1) is 16.0. The first-order valence-electron chi connectivity index (χ1n) is 11.2. The fourth-order valence-corrected chi connectivity index (χ4v) is 4.52. The SMILES string of the molecule is CN(C)c1ncc(-c2ccccc2)c(C2CCCN(C(=O)c3cc4ccc(F)cc4[nH]3)C2)n1. The summed E-state index contributed by atoms with van der Waals surface area (Å²) in [4.78, 5) is 29.6. The second kappa shape index (κ2) is 8.65. The van der Waals surface area contributed by atoms with Crippen molar-refractivity contribution in [3.8, 4) is 11.1 Å². The smallest absolute Gasteiger partial charge is 0.270 e.